The van der Waals surface area contributed by atoms with E-state index in [1.807, 2.05) is 12.3 Å². The molecule has 5 nitrogen and oxygen atoms in total. The summed E-state index contributed by atoms with van der Waals surface area (Å²) in [6.45, 7) is 2.09. The van der Waals surface area contributed by atoms with E-state index in [1.54, 1.807) is 11.8 Å². The zero-order chi connectivity index (χ0) is 12.7. The largest absolute Gasteiger partial charge is 0.320 e. The number of H-pyrrole nitrogens is 1. The van der Waals surface area contributed by atoms with Crippen molar-refractivity contribution >= 4 is 23.5 Å². The molecular weight excluding hydrogens is 236 g/mol. The van der Waals surface area contributed by atoms with Crippen LogP contribution in [0.3, 0.4) is 0 Å². The first kappa shape index (κ1) is 14.1. The highest BCUT2D eigenvalue weighted by Gasteiger charge is 2.14. The molecule has 0 saturated heterocycles. The van der Waals surface area contributed by atoms with E-state index in [0.29, 0.717) is 12.2 Å². The fourth-order valence-corrected chi connectivity index (χ4v) is 1.91. The van der Waals surface area contributed by atoms with Gasteiger partial charge in [-0.15, -0.1) is 0 Å². The molecule has 1 aromatic heterocycles. The molecule has 0 fully saturated rings. The molecule has 0 spiro atoms. The van der Waals surface area contributed by atoms with Gasteiger partial charge in [-0.2, -0.15) is 16.9 Å². The predicted molar refractivity (Wildman–Crippen MR) is 72.2 cm³/mol. The highest BCUT2D eigenvalue weighted by atomic mass is 32.2. The van der Waals surface area contributed by atoms with Gasteiger partial charge in [0, 0.05) is 11.8 Å². The van der Waals surface area contributed by atoms with Crippen LogP contribution in [0.25, 0.3) is 0 Å². The van der Waals surface area contributed by atoms with Crippen molar-refractivity contribution in [3.8, 4) is 0 Å². The van der Waals surface area contributed by atoms with Crippen LogP contribution in [0.1, 0.15) is 25.5 Å². The Morgan fingerprint density at radius 1 is 1.71 bits per heavy atom. The van der Waals surface area contributed by atoms with E-state index in [1.165, 1.54) is 0 Å². The number of aromatic nitrogens is 2. The molecular formula is C11H20N4OS. The number of hydrogen-bond acceptors (Lipinski definition) is 4. The van der Waals surface area contributed by atoms with Gasteiger partial charge in [0.05, 0.1) is 6.04 Å². The van der Waals surface area contributed by atoms with Gasteiger partial charge in [0.25, 0.3) is 0 Å². The van der Waals surface area contributed by atoms with E-state index >= 15 is 0 Å². The standard InChI is InChI=1S/C11H20N4OS/c1-3-4-8-7-10(15-14-8)13-11(16)9(12)5-6-17-2/h7,9H,3-6,12H2,1-2H3,(H2,13,14,15,16)/t9-/m1/s1. The predicted octanol–water partition coefficient (Wildman–Crippen LogP) is 1.38. The monoisotopic (exact) mass is 256 g/mol. The lowest BCUT2D eigenvalue weighted by Gasteiger charge is -2.09. The molecule has 0 bridgehead atoms. The summed E-state index contributed by atoms with van der Waals surface area (Å²) in [4.78, 5) is 11.7. The zero-order valence-electron chi connectivity index (χ0n) is 10.3. The first-order valence-corrected chi connectivity index (χ1v) is 7.16. The smallest absolute Gasteiger partial charge is 0.242 e. The number of aryl methyl sites for hydroxylation is 1. The van der Waals surface area contributed by atoms with E-state index in [0.717, 1.165) is 24.3 Å². The molecule has 96 valence electrons. The summed E-state index contributed by atoms with van der Waals surface area (Å²) in [5.74, 6) is 1.27. The van der Waals surface area contributed by atoms with Crippen LogP contribution in [0, 0.1) is 0 Å². The van der Waals surface area contributed by atoms with Crippen molar-refractivity contribution in [3.63, 3.8) is 0 Å². The maximum atomic E-state index is 11.7. The number of nitrogens with zero attached hydrogens (tertiary/aromatic N) is 1. The van der Waals surface area contributed by atoms with Gasteiger partial charge in [-0.3, -0.25) is 9.89 Å². The molecule has 0 aromatic carbocycles. The molecule has 0 radical (unpaired) electrons. The summed E-state index contributed by atoms with van der Waals surface area (Å²) in [5.41, 5.74) is 6.78. The maximum absolute atomic E-state index is 11.7. The fraction of sp³-hybridized carbons (Fsp3) is 0.636. The summed E-state index contributed by atoms with van der Waals surface area (Å²) < 4.78 is 0. The number of aromatic amines is 1. The fourth-order valence-electron chi connectivity index (χ4n) is 1.42. The average Bonchev–Trinajstić information content (AvgIpc) is 2.74. The van der Waals surface area contributed by atoms with Crippen LogP contribution in [0.2, 0.25) is 0 Å². The number of anilines is 1. The molecule has 0 saturated carbocycles. The third kappa shape index (κ3) is 4.79. The van der Waals surface area contributed by atoms with Crippen molar-refractivity contribution in [2.75, 3.05) is 17.3 Å². The summed E-state index contributed by atoms with van der Waals surface area (Å²) in [6, 6.07) is 1.39. The number of amides is 1. The third-order valence-corrected chi connectivity index (χ3v) is 3.02. The number of carbonyl (C=O) groups is 1. The van der Waals surface area contributed by atoms with Gasteiger partial charge in [-0.05, 0) is 24.9 Å². The summed E-state index contributed by atoms with van der Waals surface area (Å²) in [6.07, 6.45) is 4.65. The Bertz CT molecular complexity index is 353. The molecule has 4 N–H and O–H groups in total. The normalized spacial score (nSPS) is 12.4. The molecule has 0 unspecified atom stereocenters. The van der Waals surface area contributed by atoms with Crippen LogP contribution in [0.4, 0.5) is 5.82 Å². The van der Waals surface area contributed by atoms with Gasteiger partial charge in [-0.25, -0.2) is 0 Å². The molecule has 1 amide bonds. The first-order chi connectivity index (χ1) is 8.17. The molecule has 1 aromatic rings. The Morgan fingerprint density at radius 2 is 2.47 bits per heavy atom. The topological polar surface area (TPSA) is 83.8 Å². The van der Waals surface area contributed by atoms with Crippen LogP contribution in [0.5, 0.6) is 0 Å². The van der Waals surface area contributed by atoms with Crippen molar-refractivity contribution in [1.82, 2.24) is 10.2 Å². The summed E-state index contributed by atoms with van der Waals surface area (Å²) in [7, 11) is 0. The molecule has 1 heterocycles. The Balaban J connectivity index is 2.43. The van der Waals surface area contributed by atoms with Gasteiger partial charge in [-0.1, -0.05) is 13.3 Å². The minimum absolute atomic E-state index is 0.173. The van der Waals surface area contributed by atoms with Crippen LogP contribution < -0.4 is 11.1 Å². The third-order valence-electron chi connectivity index (χ3n) is 2.37. The molecule has 17 heavy (non-hydrogen) atoms. The molecule has 1 rings (SSSR count). The summed E-state index contributed by atoms with van der Waals surface area (Å²) >= 11 is 1.68. The molecule has 1 atom stereocenters. The van der Waals surface area contributed by atoms with Gasteiger partial charge < -0.3 is 11.1 Å². The molecule has 0 aliphatic rings. The number of nitrogens with two attached hydrogens (primary N) is 1. The highest BCUT2D eigenvalue weighted by Crippen LogP contribution is 2.08. The molecule has 6 heteroatoms. The second kappa shape index (κ2) is 7.34. The van der Waals surface area contributed by atoms with E-state index in [4.69, 9.17) is 5.73 Å². The molecule has 0 aliphatic heterocycles. The van der Waals surface area contributed by atoms with Crippen molar-refractivity contribution in [1.29, 1.82) is 0 Å². The second-order valence-electron chi connectivity index (χ2n) is 3.91. The van der Waals surface area contributed by atoms with Crippen molar-refractivity contribution in [2.24, 2.45) is 5.73 Å². The Hall–Kier alpha value is -1.01. The first-order valence-electron chi connectivity index (χ1n) is 5.77. The lowest BCUT2D eigenvalue weighted by molar-refractivity contribution is -0.117. The lowest BCUT2D eigenvalue weighted by atomic mass is 10.2. The SMILES string of the molecule is CCCc1cc(NC(=O)[C@H](N)CCSC)n[nH]1. The van der Waals surface area contributed by atoms with Gasteiger partial charge in [0.2, 0.25) is 5.91 Å². The number of thioether (sulfide) groups is 1. The Morgan fingerprint density at radius 3 is 3.12 bits per heavy atom. The zero-order valence-corrected chi connectivity index (χ0v) is 11.1. The minimum atomic E-state index is -0.464. The van der Waals surface area contributed by atoms with Crippen LogP contribution in [-0.2, 0) is 11.2 Å². The number of hydrogen-bond donors (Lipinski definition) is 3. The average molecular weight is 256 g/mol. The van der Waals surface area contributed by atoms with Gasteiger partial charge >= 0.3 is 0 Å². The van der Waals surface area contributed by atoms with Crippen molar-refractivity contribution in [2.45, 2.75) is 32.2 Å². The van der Waals surface area contributed by atoms with E-state index in [9.17, 15) is 4.79 Å². The Kier molecular flexibility index (Phi) is 6.07. The molecule has 0 aliphatic carbocycles. The van der Waals surface area contributed by atoms with Crippen LogP contribution in [-0.4, -0.2) is 34.2 Å². The van der Waals surface area contributed by atoms with E-state index in [2.05, 4.69) is 22.4 Å². The second-order valence-corrected chi connectivity index (χ2v) is 4.89. The number of rotatable bonds is 7. The summed E-state index contributed by atoms with van der Waals surface area (Å²) in [5, 5.41) is 9.62. The minimum Gasteiger partial charge on any atom is -0.320 e. The number of nitrogens with one attached hydrogen (secondary N) is 2. The Labute approximate surface area is 106 Å². The maximum Gasteiger partial charge on any atom is 0.242 e. The van der Waals surface area contributed by atoms with Gasteiger partial charge in [0.15, 0.2) is 5.82 Å². The van der Waals surface area contributed by atoms with Gasteiger partial charge in [0.1, 0.15) is 0 Å². The van der Waals surface area contributed by atoms with Crippen molar-refractivity contribution < 1.29 is 4.79 Å². The van der Waals surface area contributed by atoms with E-state index in [-0.39, 0.29) is 5.91 Å². The van der Waals surface area contributed by atoms with E-state index < -0.39 is 6.04 Å². The van der Waals surface area contributed by atoms with Crippen LogP contribution >= 0.6 is 11.8 Å². The number of carbonyl (C=O) groups excluding carboxylic acids is 1. The quantitative estimate of drug-likeness (QED) is 0.688. The van der Waals surface area contributed by atoms with Crippen LogP contribution in [0.15, 0.2) is 6.07 Å². The lowest BCUT2D eigenvalue weighted by Crippen LogP contribution is -2.36. The highest BCUT2D eigenvalue weighted by molar-refractivity contribution is 7.98. The van der Waals surface area contributed by atoms with Crippen molar-refractivity contribution in [3.05, 3.63) is 11.8 Å².